The number of imide groups is 2. The summed E-state index contributed by atoms with van der Waals surface area (Å²) in [5.74, 6) is -1.14. The van der Waals surface area contributed by atoms with Gasteiger partial charge in [-0.25, -0.2) is 9.69 Å². The van der Waals surface area contributed by atoms with E-state index in [1.165, 1.54) is 20.0 Å². The van der Waals surface area contributed by atoms with Crippen LogP contribution in [0.4, 0.5) is 10.5 Å². The molecule has 0 aromatic carbocycles. The lowest BCUT2D eigenvalue weighted by Gasteiger charge is -2.34. The summed E-state index contributed by atoms with van der Waals surface area (Å²) in [6.45, 7) is 4.76. The predicted molar refractivity (Wildman–Crippen MR) is 63.8 cm³/mol. The Kier molecular flexibility index (Phi) is 2.65. The number of hydrogen-bond donors (Lipinski definition) is 1. The number of aromatic nitrogens is 1. The van der Waals surface area contributed by atoms with Gasteiger partial charge in [0.25, 0.3) is 0 Å². The average Bonchev–Trinajstić information content (AvgIpc) is 2.27. The second kappa shape index (κ2) is 3.90. The van der Waals surface area contributed by atoms with Crippen molar-refractivity contribution >= 4 is 23.5 Å². The van der Waals surface area contributed by atoms with Crippen molar-refractivity contribution in [1.82, 2.24) is 10.3 Å². The molecule has 0 atom stereocenters. The van der Waals surface area contributed by atoms with E-state index in [1.807, 2.05) is 0 Å². The maximum Gasteiger partial charge on any atom is 0.335 e. The monoisotopic (exact) mass is 247 g/mol. The van der Waals surface area contributed by atoms with Gasteiger partial charge in [-0.3, -0.25) is 19.9 Å². The van der Waals surface area contributed by atoms with Crippen LogP contribution in [0.2, 0.25) is 0 Å². The molecule has 1 N–H and O–H groups in total. The van der Waals surface area contributed by atoms with Crippen LogP contribution in [0.3, 0.4) is 0 Å². The van der Waals surface area contributed by atoms with Gasteiger partial charge in [-0.15, -0.1) is 0 Å². The highest BCUT2D eigenvalue weighted by Gasteiger charge is 2.47. The number of rotatable bonds is 1. The van der Waals surface area contributed by atoms with Crippen LogP contribution in [0.15, 0.2) is 18.5 Å². The Labute approximate surface area is 104 Å². The van der Waals surface area contributed by atoms with Crippen molar-refractivity contribution in [3.05, 3.63) is 24.0 Å². The first-order valence-electron chi connectivity index (χ1n) is 5.45. The molecular weight excluding hydrogens is 234 g/mol. The van der Waals surface area contributed by atoms with Gasteiger partial charge in [-0.1, -0.05) is 0 Å². The standard InChI is InChI=1S/C12H13N3O3/c1-7-4-8(6-13-5-7)15-10(17)12(2,3)9(16)14-11(15)18/h4-6H,1-3H3,(H,14,16,18). The Balaban J connectivity index is 2.47. The molecule has 1 aliphatic heterocycles. The molecule has 18 heavy (non-hydrogen) atoms. The molecule has 1 aliphatic rings. The van der Waals surface area contributed by atoms with Crippen molar-refractivity contribution in [3.63, 3.8) is 0 Å². The highest BCUT2D eigenvalue weighted by molar-refractivity contribution is 6.29. The molecule has 1 aromatic rings. The number of carbonyl (C=O) groups is 3. The Morgan fingerprint density at radius 3 is 2.50 bits per heavy atom. The predicted octanol–water partition coefficient (Wildman–Crippen LogP) is 0.999. The minimum atomic E-state index is -1.27. The highest BCUT2D eigenvalue weighted by atomic mass is 16.2. The summed E-state index contributed by atoms with van der Waals surface area (Å²) in [6, 6.07) is 0.924. The van der Waals surface area contributed by atoms with E-state index < -0.39 is 23.3 Å². The van der Waals surface area contributed by atoms with Gasteiger partial charge in [-0.05, 0) is 32.4 Å². The lowest BCUT2D eigenvalue weighted by Crippen LogP contribution is -2.62. The zero-order valence-electron chi connectivity index (χ0n) is 10.4. The minimum absolute atomic E-state index is 0.359. The highest BCUT2D eigenvalue weighted by Crippen LogP contribution is 2.27. The third kappa shape index (κ3) is 1.75. The Bertz CT molecular complexity index is 551. The quantitative estimate of drug-likeness (QED) is 0.751. The molecule has 6 nitrogen and oxygen atoms in total. The molecule has 2 heterocycles. The summed E-state index contributed by atoms with van der Waals surface area (Å²) in [6.07, 6.45) is 3.03. The van der Waals surface area contributed by atoms with E-state index in [1.54, 1.807) is 19.2 Å². The molecule has 0 unspecified atom stereocenters. The van der Waals surface area contributed by atoms with Crippen molar-refractivity contribution in [2.75, 3.05) is 4.90 Å². The fourth-order valence-corrected chi connectivity index (χ4v) is 1.67. The van der Waals surface area contributed by atoms with E-state index in [4.69, 9.17) is 0 Å². The number of nitrogens with one attached hydrogen (secondary N) is 1. The summed E-state index contributed by atoms with van der Waals surface area (Å²) in [7, 11) is 0. The third-order valence-corrected chi connectivity index (χ3v) is 2.85. The molecule has 1 fully saturated rings. The van der Waals surface area contributed by atoms with Crippen LogP contribution in [-0.2, 0) is 9.59 Å². The Hall–Kier alpha value is -2.24. The smallest absolute Gasteiger partial charge is 0.276 e. The van der Waals surface area contributed by atoms with Gasteiger partial charge in [-0.2, -0.15) is 0 Å². The molecular formula is C12H13N3O3. The maximum atomic E-state index is 12.2. The number of hydrogen-bond acceptors (Lipinski definition) is 4. The number of aryl methyl sites for hydroxylation is 1. The Morgan fingerprint density at radius 1 is 1.22 bits per heavy atom. The molecule has 1 aromatic heterocycles. The number of anilines is 1. The minimum Gasteiger partial charge on any atom is -0.276 e. The molecule has 0 aliphatic carbocycles. The fraction of sp³-hybridized carbons (Fsp3) is 0.333. The number of carbonyl (C=O) groups excluding carboxylic acids is 3. The van der Waals surface area contributed by atoms with Crippen molar-refractivity contribution in [3.8, 4) is 0 Å². The lowest BCUT2D eigenvalue weighted by molar-refractivity contribution is -0.140. The summed E-state index contributed by atoms with van der Waals surface area (Å²) in [5.41, 5.74) is -0.0848. The first-order valence-corrected chi connectivity index (χ1v) is 5.45. The van der Waals surface area contributed by atoms with E-state index in [9.17, 15) is 14.4 Å². The maximum absolute atomic E-state index is 12.2. The average molecular weight is 247 g/mol. The zero-order valence-corrected chi connectivity index (χ0v) is 10.4. The third-order valence-electron chi connectivity index (χ3n) is 2.85. The van der Waals surface area contributed by atoms with Crippen LogP contribution in [0, 0.1) is 12.3 Å². The van der Waals surface area contributed by atoms with Gasteiger partial charge in [0.05, 0.1) is 11.9 Å². The number of amides is 4. The number of urea groups is 1. The first kappa shape index (κ1) is 12.2. The first-order chi connectivity index (χ1) is 8.34. The molecule has 1 saturated heterocycles. The normalized spacial score (nSPS) is 18.8. The van der Waals surface area contributed by atoms with Gasteiger partial charge in [0, 0.05) is 6.20 Å². The van der Waals surface area contributed by atoms with E-state index in [0.717, 1.165) is 10.5 Å². The fourth-order valence-electron chi connectivity index (χ4n) is 1.67. The number of nitrogens with zero attached hydrogens (tertiary/aromatic N) is 2. The van der Waals surface area contributed by atoms with Gasteiger partial charge in [0.2, 0.25) is 11.8 Å². The van der Waals surface area contributed by atoms with Crippen LogP contribution in [0.5, 0.6) is 0 Å². The van der Waals surface area contributed by atoms with E-state index >= 15 is 0 Å². The second-order valence-electron chi connectivity index (χ2n) is 4.75. The van der Waals surface area contributed by atoms with Crippen LogP contribution >= 0.6 is 0 Å². The molecule has 6 heteroatoms. The van der Waals surface area contributed by atoms with E-state index in [0.29, 0.717) is 5.69 Å². The van der Waals surface area contributed by atoms with Crippen LogP contribution in [0.1, 0.15) is 19.4 Å². The second-order valence-corrected chi connectivity index (χ2v) is 4.75. The van der Waals surface area contributed by atoms with Crippen LogP contribution < -0.4 is 10.2 Å². The summed E-state index contributed by atoms with van der Waals surface area (Å²) in [5, 5.41) is 2.17. The zero-order chi connectivity index (χ0) is 13.5. The summed E-state index contributed by atoms with van der Waals surface area (Å²) in [4.78, 5) is 40.4. The van der Waals surface area contributed by atoms with Gasteiger partial charge >= 0.3 is 6.03 Å². The topological polar surface area (TPSA) is 79.4 Å². The molecule has 0 spiro atoms. The van der Waals surface area contributed by atoms with Crippen molar-refractivity contribution in [2.24, 2.45) is 5.41 Å². The van der Waals surface area contributed by atoms with E-state index in [-0.39, 0.29) is 0 Å². The van der Waals surface area contributed by atoms with Gasteiger partial charge < -0.3 is 0 Å². The molecule has 0 radical (unpaired) electrons. The number of pyridine rings is 1. The summed E-state index contributed by atoms with van der Waals surface area (Å²) >= 11 is 0. The Morgan fingerprint density at radius 2 is 1.89 bits per heavy atom. The largest absolute Gasteiger partial charge is 0.335 e. The summed E-state index contributed by atoms with van der Waals surface area (Å²) < 4.78 is 0. The van der Waals surface area contributed by atoms with Crippen molar-refractivity contribution in [1.29, 1.82) is 0 Å². The van der Waals surface area contributed by atoms with E-state index in [2.05, 4.69) is 10.3 Å². The van der Waals surface area contributed by atoms with Gasteiger partial charge in [0.15, 0.2) is 0 Å². The number of barbiturate groups is 1. The van der Waals surface area contributed by atoms with Gasteiger partial charge in [0.1, 0.15) is 5.41 Å². The molecule has 94 valence electrons. The van der Waals surface area contributed by atoms with Crippen molar-refractivity contribution in [2.45, 2.75) is 20.8 Å². The lowest BCUT2D eigenvalue weighted by atomic mass is 9.88. The molecule has 0 bridgehead atoms. The van der Waals surface area contributed by atoms with Crippen molar-refractivity contribution < 1.29 is 14.4 Å². The molecule has 0 saturated carbocycles. The molecule has 2 rings (SSSR count). The SMILES string of the molecule is Cc1cncc(N2C(=O)NC(=O)C(C)(C)C2=O)c1. The van der Waals surface area contributed by atoms with Crippen LogP contribution in [0.25, 0.3) is 0 Å². The van der Waals surface area contributed by atoms with Crippen LogP contribution in [-0.4, -0.2) is 22.8 Å². The molecule has 4 amide bonds.